The van der Waals surface area contributed by atoms with Crippen LogP contribution in [0.1, 0.15) is 96.5 Å². The molecule has 1 aromatic carbocycles. The molecule has 0 nitrogen and oxygen atoms in total. The van der Waals surface area contributed by atoms with Crippen LogP contribution in [0.15, 0.2) is 36.4 Å². The first-order valence-corrected chi connectivity index (χ1v) is 9.56. The van der Waals surface area contributed by atoms with Crippen LogP contribution in [-0.2, 0) is 0 Å². The summed E-state index contributed by atoms with van der Waals surface area (Å²) in [5.74, 6) is 0. The number of benzene rings is 1. The van der Waals surface area contributed by atoms with Gasteiger partial charge in [-0.15, -0.1) is 0 Å². The quantitative estimate of drug-likeness (QED) is 0.326. The first kappa shape index (κ1) is 19.0. The number of hydrogen-bond acceptors (Lipinski definition) is 0. The molecule has 0 amide bonds. The SMILES string of the molecule is CCCCCCCCCCCCCC=C(C)c1ccccc1. The molecule has 0 fully saturated rings. The lowest BCUT2D eigenvalue weighted by Gasteiger charge is -2.03. The highest BCUT2D eigenvalue weighted by Crippen LogP contribution is 2.16. The molecular weight excluding hydrogens is 264 g/mol. The minimum atomic E-state index is 1.23. The van der Waals surface area contributed by atoms with E-state index in [-0.39, 0.29) is 0 Å². The Morgan fingerprint density at radius 1 is 0.727 bits per heavy atom. The molecule has 0 spiro atoms. The van der Waals surface area contributed by atoms with Crippen LogP contribution < -0.4 is 0 Å². The summed E-state index contributed by atoms with van der Waals surface area (Å²) in [5.41, 5.74) is 2.79. The molecule has 0 saturated carbocycles. The van der Waals surface area contributed by atoms with Crippen LogP contribution in [-0.4, -0.2) is 0 Å². The van der Waals surface area contributed by atoms with Crippen molar-refractivity contribution >= 4 is 5.57 Å². The largest absolute Gasteiger partial charge is 0.0810 e. The lowest BCUT2D eigenvalue weighted by molar-refractivity contribution is 0.550. The minimum absolute atomic E-state index is 1.23. The summed E-state index contributed by atoms with van der Waals surface area (Å²) in [4.78, 5) is 0. The smallest absolute Gasteiger partial charge is 0.0231 e. The van der Waals surface area contributed by atoms with Gasteiger partial charge in [-0.25, -0.2) is 0 Å². The number of rotatable bonds is 13. The topological polar surface area (TPSA) is 0 Å². The number of allylic oxidation sites excluding steroid dienone is 2. The Bertz CT molecular complexity index is 374. The van der Waals surface area contributed by atoms with Crippen molar-refractivity contribution in [1.82, 2.24) is 0 Å². The monoisotopic (exact) mass is 300 g/mol. The molecule has 1 rings (SSSR count). The third-order valence-electron chi connectivity index (χ3n) is 4.49. The molecule has 0 heteroatoms. The molecule has 0 radical (unpaired) electrons. The standard InChI is InChI=1S/C22H36/c1-3-4-5-6-7-8-9-10-11-12-13-15-18-21(2)22-19-16-14-17-20-22/h14,16-20H,3-13,15H2,1-2H3. The molecule has 0 atom stereocenters. The van der Waals surface area contributed by atoms with E-state index in [1.807, 2.05) is 0 Å². The highest BCUT2D eigenvalue weighted by molar-refractivity contribution is 5.63. The van der Waals surface area contributed by atoms with Gasteiger partial charge in [0.15, 0.2) is 0 Å². The van der Waals surface area contributed by atoms with E-state index in [0.29, 0.717) is 0 Å². The van der Waals surface area contributed by atoms with Gasteiger partial charge < -0.3 is 0 Å². The van der Waals surface area contributed by atoms with E-state index in [1.54, 1.807) is 0 Å². The van der Waals surface area contributed by atoms with Crippen molar-refractivity contribution in [2.75, 3.05) is 0 Å². The van der Waals surface area contributed by atoms with Crippen LogP contribution in [0.4, 0.5) is 0 Å². The van der Waals surface area contributed by atoms with Crippen LogP contribution in [0, 0.1) is 0 Å². The average molecular weight is 301 g/mol. The van der Waals surface area contributed by atoms with Crippen molar-refractivity contribution in [3.05, 3.63) is 42.0 Å². The molecule has 0 aliphatic carbocycles. The van der Waals surface area contributed by atoms with E-state index in [4.69, 9.17) is 0 Å². The number of unbranched alkanes of at least 4 members (excludes halogenated alkanes) is 11. The summed E-state index contributed by atoms with van der Waals surface area (Å²) in [7, 11) is 0. The van der Waals surface area contributed by atoms with Crippen LogP contribution in [0.3, 0.4) is 0 Å². The molecule has 1 aromatic rings. The zero-order chi connectivity index (χ0) is 15.9. The predicted molar refractivity (Wildman–Crippen MR) is 101 cm³/mol. The van der Waals surface area contributed by atoms with Crippen LogP contribution in [0.25, 0.3) is 5.57 Å². The van der Waals surface area contributed by atoms with Crippen molar-refractivity contribution in [3.8, 4) is 0 Å². The molecule has 124 valence electrons. The fourth-order valence-corrected chi connectivity index (χ4v) is 2.95. The van der Waals surface area contributed by atoms with Crippen molar-refractivity contribution in [3.63, 3.8) is 0 Å². The summed E-state index contributed by atoms with van der Waals surface area (Å²) in [5, 5.41) is 0. The van der Waals surface area contributed by atoms with Gasteiger partial charge in [-0.2, -0.15) is 0 Å². The zero-order valence-electron chi connectivity index (χ0n) is 14.9. The van der Waals surface area contributed by atoms with Gasteiger partial charge in [0, 0.05) is 0 Å². The summed E-state index contributed by atoms with van der Waals surface area (Å²) >= 11 is 0. The highest BCUT2D eigenvalue weighted by atomic mass is 14.0. The Balaban J connectivity index is 1.91. The van der Waals surface area contributed by atoms with Gasteiger partial charge in [0.25, 0.3) is 0 Å². The maximum absolute atomic E-state index is 2.41. The van der Waals surface area contributed by atoms with Crippen molar-refractivity contribution < 1.29 is 0 Å². The second-order valence-electron chi connectivity index (χ2n) is 6.58. The van der Waals surface area contributed by atoms with E-state index in [9.17, 15) is 0 Å². The van der Waals surface area contributed by atoms with Crippen LogP contribution in [0.2, 0.25) is 0 Å². The molecule has 0 saturated heterocycles. The van der Waals surface area contributed by atoms with Gasteiger partial charge >= 0.3 is 0 Å². The summed E-state index contributed by atoms with van der Waals surface area (Å²) in [6.45, 7) is 4.52. The second kappa shape index (κ2) is 13.6. The van der Waals surface area contributed by atoms with E-state index >= 15 is 0 Å². The minimum Gasteiger partial charge on any atom is -0.0810 e. The average Bonchev–Trinajstić information content (AvgIpc) is 2.56. The van der Waals surface area contributed by atoms with Gasteiger partial charge in [-0.1, -0.05) is 108 Å². The van der Waals surface area contributed by atoms with Gasteiger partial charge in [-0.05, 0) is 30.9 Å². The third-order valence-corrected chi connectivity index (χ3v) is 4.49. The summed E-state index contributed by atoms with van der Waals surface area (Å²) in [6.07, 6.45) is 19.3. The summed E-state index contributed by atoms with van der Waals surface area (Å²) < 4.78 is 0. The summed E-state index contributed by atoms with van der Waals surface area (Å²) in [6, 6.07) is 10.7. The van der Waals surface area contributed by atoms with Crippen LogP contribution in [0.5, 0.6) is 0 Å². The normalized spacial score (nSPS) is 11.8. The maximum atomic E-state index is 2.41. The van der Waals surface area contributed by atoms with Gasteiger partial charge in [0.05, 0.1) is 0 Å². The molecule has 0 N–H and O–H groups in total. The molecular formula is C22H36. The first-order chi connectivity index (χ1) is 10.8. The van der Waals surface area contributed by atoms with Gasteiger partial charge in [-0.3, -0.25) is 0 Å². The molecule has 0 aliphatic heterocycles. The maximum Gasteiger partial charge on any atom is -0.0231 e. The molecule has 22 heavy (non-hydrogen) atoms. The van der Waals surface area contributed by atoms with Crippen molar-refractivity contribution in [2.45, 2.75) is 90.9 Å². The van der Waals surface area contributed by atoms with Crippen LogP contribution >= 0.6 is 0 Å². The Kier molecular flexibility index (Phi) is 11.8. The Hall–Kier alpha value is -1.04. The van der Waals surface area contributed by atoms with E-state index in [0.717, 1.165) is 0 Å². The fraction of sp³-hybridized carbons (Fsp3) is 0.636. The lowest BCUT2D eigenvalue weighted by Crippen LogP contribution is -1.82. The lowest BCUT2D eigenvalue weighted by atomic mass is 10.0. The van der Waals surface area contributed by atoms with E-state index in [2.05, 4.69) is 50.3 Å². The Morgan fingerprint density at radius 2 is 1.23 bits per heavy atom. The second-order valence-corrected chi connectivity index (χ2v) is 6.58. The van der Waals surface area contributed by atoms with E-state index in [1.165, 1.54) is 88.2 Å². The molecule has 0 aliphatic rings. The predicted octanol–water partition coefficient (Wildman–Crippen LogP) is 7.79. The number of hydrogen-bond donors (Lipinski definition) is 0. The molecule has 0 heterocycles. The molecule has 0 bridgehead atoms. The molecule has 0 aromatic heterocycles. The highest BCUT2D eigenvalue weighted by Gasteiger charge is 1.95. The van der Waals surface area contributed by atoms with Crippen molar-refractivity contribution in [1.29, 1.82) is 0 Å². The van der Waals surface area contributed by atoms with Crippen molar-refractivity contribution in [2.24, 2.45) is 0 Å². The first-order valence-electron chi connectivity index (χ1n) is 9.56. The fourth-order valence-electron chi connectivity index (χ4n) is 2.95. The Labute approximate surface area is 139 Å². The van der Waals surface area contributed by atoms with Gasteiger partial charge in [0.2, 0.25) is 0 Å². The third kappa shape index (κ3) is 9.82. The zero-order valence-corrected chi connectivity index (χ0v) is 14.9. The molecule has 0 unspecified atom stereocenters. The van der Waals surface area contributed by atoms with E-state index < -0.39 is 0 Å². The van der Waals surface area contributed by atoms with Gasteiger partial charge in [0.1, 0.15) is 0 Å². The Morgan fingerprint density at radius 3 is 1.77 bits per heavy atom.